The number of hydrogen-bond acceptors (Lipinski definition) is 5. The summed E-state index contributed by atoms with van der Waals surface area (Å²) in [6.45, 7) is 2.81. The maximum absolute atomic E-state index is 13.8. The number of carbonyl (C=O) groups is 1. The molecule has 0 spiro atoms. The topological polar surface area (TPSA) is 60.0 Å². The fourth-order valence-electron chi connectivity index (χ4n) is 5.32. The summed E-state index contributed by atoms with van der Waals surface area (Å²) >= 11 is 0. The molecule has 3 heterocycles. The van der Waals surface area contributed by atoms with Crippen molar-refractivity contribution in [2.24, 2.45) is 0 Å². The minimum atomic E-state index is -0.377. The average Bonchev–Trinajstić information content (AvgIpc) is 3.47. The Labute approximate surface area is 193 Å². The minimum Gasteiger partial charge on any atom is -0.487 e. The van der Waals surface area contributed by atoms with Crippen LogP contribution >= 0.6 is 0 Å². The third-order valence-electron chi connectivity index (χ3n) is 6.89. The number of nitrogens with one attached hydrogen (secondary N) is 1. The van der Waals surface area contributed by atoms with E-state index in [-0.39, 0.29) is 11.7 Å². The Morgan fingerprint density at radius 2 is 1.82 bits per heavy atom. The second-order valence-electron chi connectivity index (χ2n) is 8.91. The fourth-order valence-corrected chi connectivity index (χ4v) is 5.32. The number of likely N-dealkylation sites (tertiary alicyclic amines) is 1. The Morgan fingerprint density at radius 3 is 2.55 bits per heavy atom. The van der Waals surface area contributed by atoms with Gasteiger partial charge in [0.25, 0.3) is 5.91 Å². The second-order valence-corrected chi connectivity index (χ2v) is 8.91. The number of carbonyl (C=O) groups excluding carboxylic acids is 1. The summed E-state index contributed by atoms with van der Waals surface area (Å²) in [5, 5.41) is 2.80. The van der Waals surface area contributed by atoms with Gasteiger partial charge < -0.3 is 19.5 Å². The van der Waals surface area contributed by atoms with Crippen LogP contribution in [0.1, 0.15) is 35.1 Å². The molecule has 6 nitrogen and oxygen atoms in total. The molecule has 2 aromatic rings. The maximum Gasteiger partial charge on any atom is 0.260 e. The number of amides is 1. The molecular formula is C26H29FN2O4. The van der Waals surface area contributed by atoms with Crippen molar-refractivity contribution in [2.45, 2.75) is 38.0 Å². The average molecular weight is 453 g/mol. The van der Waals surface area contributed by atoms with Gasteiger partial charge in [0.2, 0.25) is 0 Å². The van der Waals surface area contributed by atoms with Gasteiger partial charge in [-0.25, -0.2) is 4.39 Å². The normalized spacial score (nSPS) is 24.0. The monoisotopic (exact) mass is 452 g/mol. The number of fused-ring (bicyclic) bond motifs is 2. The first kappa shape index (κ1) is 22.1. The number of benzene rings is 2. The highest BCUT2D eigenvalue weighted by molar-refractivity contribution is 6.36. The maximum atomic E-state index is 13.8. The Bertz CT molecular complexity index is 1090. The number of anilines is 1. The first-order chi connectivity index (χ1) is 16.1. The molecule has 0 saturated carbocycles. The SMILES string of the molecule is COC[C@@H]1CC[C@@H](COC)N1CCc1ccc2c(c1)CO/C2=C1/C(=O)Nc2ccc(F)cc21. The van der Waals surface area contributed by atoms with Crippen LogP contribution in [-0.2, 0) is 32.0 Å². The van der Waals surface area contributed by atoms with Gasteiger partial charge >= 0.3 is 0 Å². The van der Waals surface area contributed by atoms with Crippen molar-refractivity contribution in [1.82, 2.24) is 4.90 Å². The molecule has 2 atom stereocenters. The molecule has 174 valence electrons. The van der Waals surface area contributed by atoms with Crippen molar-refractivity contribution in [1.29, 1.82) is 0 Å². The number of nitrogens with zero attached hydrogens (tertiary/aromatic N) is 1. The zero-order valence-electron chi connectivity index (χ0n) is 19.0. The summed E-state index contributed by atoms with van der Waals surface area (Å²) in [6.07, 6.45) is 3.16. The molecule has 0 aliphatic carbocycles. The summed E-state index contributed by atoms with van der Waals surface area (Å²) in [6, 6.07) is 11.4. The lowest BCUT2D eigenvalue weighted by Gasteiger charge is -2.29. The van der Waals surface area contributed by atoms with Gasteiger partial charge in [0, 0.05) is 55.2 Å². The van der Waals surface area contributed by atoms with Crippen molar-refractivity contribution in [3.8, 4) is 0 Å². The Morgan fingerprint density at radius 1 is 1.06 bits per heavy atom. The molecule has 3 aliphatic rings. The first-order valence-electron chi connectivity index (χ1n) is 11.4. The molecule has 0 bridgehead atoms. The van der Waals surface area contributed by atoms with E-state index in [2.05, 4.69) is 22.3 Å². The van der Waals surface area contributed by atoms with Crippen LogP contribution in [0.4, 0.5) is 10.1 Å². The highest BCUT2D eigenvalue weighted by atomic mass is 19.1. The van der Waals surface area contributed by atoms with E-state index >= 15 is 0 Å². The lowest BCUT2D eigenvalue weighted by Crippen LogP contribution is -2.41. The molecule has 7 heteroatoms. The Hall–Kier alpha value is -2.74. The van der Waals surface area contributed by atoms with Crippen LogP contribution < -0.4 is 5.32 Å². The van der Waals surface area contributed by atoms with E-state index in [1.807, 2.05) is 6.07 Å². The van der Waals surface area contributed by atoms with Crippen molar-refractivity contribution in [2.75, 3.05) is 39.3 Å². The van der Waals surface area contributed by atoms with Gasteiger partial charge in [-0.05, 0) is 43.0 Å². The van der Waals surface area contributed by atoms with Crippen molar-refractivity contribution in [3.63, 3.8) is 0 Å². The van der Waals surface area contributed by atoms with E-state index in [0.717, 1.165) is 50.1 Å². The molecule has 1 N–H and O–H groups in total. The van der Waals surface area contributed by atoms with Gasteiger partial charge in [-0.1, -0.05) is 18.2 Å². The van der Waals surface area contributed by atoms with Gasteiger partial charge in [-0.15, -0.1) is 0 Å². The van der Waals surface area contributed by atoms with E-state index in [1.54, 1.807) is 20.3 Å². The summed E-state index contributed by atoms with van der Waals surface area (Å²) < 4.78 is 30.7. The first-order valence-corrected chi connectivity index (χ1v) is 11.4. The van der Waals surface area contributed by atoms with Crippen molar-refractivity contribution >= 4 is 22.9 Å². The quantitative estimate of drug-likeness (QED) is 0.647. The summed E-state index contributed by atoms with van der Waals surface area (Å²) in [7, 11) is 3.51. The highest BCUT2D eigenvalue weighted by Gasteiger charge is 2.34. The van der Waals surface area contributed by atoms with Gasteiger partial charge in [-0.2, -0.15) is 0 Å². The van der Waals surface area contributed by atoms with E-state index in [9.17, 15) is 9.18 Å². The third-order valence-corrected chi connectivity index (χ3v) is 6.89. The molecule has 0 aromatic heterocycles. The van der Waals surface area contributed by atoms with Crippen LogP contribution in [0.3, 0.4) is 0 Å². The van der Waals surface area contributed by atoms with Crippen molar-refractivity contribution < 1.29 is 23.4 Å². The number of rotatable bonds is 7. The van der Waals surface area contributed by atoms with Gasteiger partial charge in [0.1, 0.15) is 18.2 Å². The second kappa shape index (κ2) is 9.25. The lowest BCUT2D eigenvalue weighted by molar-refractivity contribution is -0.110. The molecular weight excluding hydrogens is 423 g/mol. The number of hydrogen-bond donors (Lipinski definition) is 1. The third kappa shape index (κ3) is 4.16. The standard InChI is InChI=1S/C26H29FN2O4/c1-31-14-19-5-6-20(15-32-2)29(19)10-9-16-3-7-21-17(11-16)13-33-25(21)24-22-12-18(27)4-8-23(22)28-26(24)30/h3-4,7-8,11-12,19-20H,5-6,9-10,13-15H2,1-2H3,(H,28,30)/b25-24+/t19-,20-/m0/s1. The van der Waals surface area contributed by atoms with Crippen LogP contribution in [0.25, 0.3) is 11.3 Å². The fraction of sp³-hybridized carbons (Fsp3) is 0.423. The van der Waals surface area contributed by atoms with E-state index in [0.29, 0.717) is 41.3 Å². The largest absolute Gasteiger partial charge is 0.487 e. The van der Waals surface area contributed by atoms with Crippen molar-refractivity contribution in [3.05, 3.63) is 64.5 Å². The summed E-state index contributed by atoms with van der Waals surface area (Å²) in [5.41, 5.74) is 4.74. The van der Waals surface area contributed by atoms with E-state index in [4.69, 9.17) is 14.2 Å². The molecule has 0 unspecified atom stereocenters. The summed E-state index contributed by atoms with van der Waals surface area (Å²) in [5.74, 6) is -0.111. The number of methoxy groups -OCH3 is 2. The molecule has 5 rings (SSSR count). The highest BCUT2D eigenvalue weighted by Crippen LogP contribution is 2.42. The zero-order valence-corrected chi connectivity index (χ0v) is 19.0. The molecule has 33 heavy (non-hydrogen) atoms. The van der Waals surface area contributed by atoms with Gasteiger partial charge in [0.05, 0.1) is 18.8 Å². The van der Waals surface area contributed by atoms with E-state index in [1.165, 1.54) is 17.7 Å². The molecule has 1 fully saturated rings. The van der Waals surface area contributed by atoms with Crippen LogP contribution in [0.2, 0.25) is 0 Å². The van der Waals surface area contributed by atoms with Gasteiger partial charge in [-0.3, -0.25) is 9.69 Å². The molecule has 1 amide bonds. The summed E-state index contributed by atoms with van der Waals surface area (Å²) in [4.78, 5) is 15.1. The predicted octanol–water partition coefficient (Wildman–Crippen LogP) is 3.84. The lowest BCUT2D eigenvalue weighted by atomic mass is 9.98. The number of halogens is 1. The Balaban J connectivity index is 1.36. The molecule has 0 radical (unpaired) electrons. The predicted molar refractivity (Wildman–Crippen MR) is 124 cm³/mol. The minimum absolute atomic E-state index is 0.259. The van der Waals surface area contributed by atoms with Crippen LogP contribution in [0.5, 0.6) is 0 Å². The smallest absolute Gasteiger partial charge is 0.260 e. The van der Waals surface area contributed by atoms with Crippen LogP contribution in [0, 0.1) is 5.82 Å². The van der Waals surface area contributed by atoms with E-state index < -0.39 is 0 Å². The molecule has 1 saturated heterocycles. The van der Waals surface area contributed by atoms with Gasteiger partial charge in [0.15, 0.2) is 0 Å². The van der Waals surface area contributed by atoms with Crippen LogP contribution in [0.15, 0.2) is 36.4 Å². The van der Waals surface area contributed by atoms with Crippen LogP contribution in [-0.4, -0.2) is 56.9 Å². The Kier molecular flexibility index (Phi) is 6.19. The number of ether oxygens (including phenoxy) is 3. The zero-order chi connectivity index (χ0) is 22.9. The molecule has 2 aromatic carbocycles. The molecule has 3 aliphatic heterocycles.